The smallest absolute Gasteiger partial charge is 0.320 e. The van der Waals surface area contributed by atoms with E-state index in [-0.39, 0.29) is 12.1 Å². The van der Waals surface area contributed by atoms with Gasteiger partial charge in [-0.1, -0.05) is 12.2 Å². The summed E-state index contributed by atoms with van der Waals surface area (Å²) in [6.45, 7) is 1.27. The van der Waals surface area contributed by atoms with Crippen LogP contribution in [0.2, 0.25) is 0 Å². The number of carbonyl (C=O) groups is 1. The number of allylic oxidation sites excluding steroid dienone is 1. The standard InChI is InChI=1S/C13H20N4O2/c1-19-10-9-17-8-7-12(16-17)15-13(18)14-11-5-3-2-4-6-11/h2-3,7-8,11H,4-6,9-10H2,1H3,(H2,14,15,16,18). The maximum absolute atomic E-state index is 11.8. The first-order chi connectivity index (χ1) is 9.28. The van der Waals surface area contributed by atoms with Crippen molar-refractivity contribution in [1.29, 1.82) is 0 Å². The highest BCUT2D eigenvalue weighted by Crippen LogP contribution is 2.10. The third-order valence-corrected chi connectivity index (χ3v) is 3.01. The Labute approximate surface area is 112 Å². The number of aromatic nitrogens is 2. The zero-order valence-corrected chi connectivity index (χ0v) is 11.1. The fourth-order valence-electron chi connectivity index (χ4n) is 2.00. The number of anilines is 1. The molecule has 6 nitrogen and oxygen atoms in total. The number of amides is 2. The van der Waals surface area contributed by atoms with E-state index in [1.54, 1.807) is 17.9 Å². The number of rotatable bonds is 5. The van der Waals surface area contributed by atoms with Crippen LogP contribution in [0.25, 0.3) is 0 Å². The van der Waals surface area contributed by atoms with Crippen LogP contribution in [-0.2, 0) is 11.3 Å². The molecule has 19 heavy (non-hydrogen) atoms. The molecular weight excluding hydrogens is 244 g/mol. The Morgan fingerprint density at radius 1 is 1.58 bits per heavy atom. The van der Waals surface area contributed by atoms with Gasteiger partial charge < -0.3 is 10.1 Å². The van der Waals surface area contributed by atoms with Gasteiger partial charge in [-0.15, -0.1) is 0 Å². The highest BCUT2D eigenvalue weighted by molar-refractivity contribution is 5.88. The van der Waals surface area contributed by atoms with Crippen molar-refractivity contribution < 1.29 is 9.53 Å². The lowest BCUT2D eigenvalue weighted by Gasteiger charge is -2.19. The fourth-order valence-corrected chi connectivity index (χ4v) is 2.00. The third-order valence-electron chi connectivity index (χ3n) is 3.01. The van der Waals surface area contributed by atoms with Crippen LogP contribution < -0.4 is 10.6 Å². The Balaban J connectivity index is 1.78. The summed E-state index contributed by atoms with van der Waals surface area (Å²) in [5, 5.41) is 9.92. The minimum Gasteiger partial charge on any atom is -0.383 e. The van der Waals surface area contributed by atoms with Gasteiger partial charge in [-0.05, 0) is 19.3 Å². The number of hydrogen-bond donors (Lipinski definition) is 2. The van der Waals surface area contributed by atoms with Crippen molar-refractivity contribution in [1.82, 2.24) is 15.1 Å². The van der Waals surface area contributed by atoms with E-state index in [2.05, 4.69) is 27.9 Å². The van der Waals surface area contributed by atoms with Crippen LogP contribution in [0, 0.1) is 0 Å². The second-order valence-electron chi connectivity index (χ2n) is 4.54. The van der Waals surface area contributed by atoms with E-state index in [0.717, 1.165) is 19.3 Å². The van der Waals surface area contributed by atoms with Gasteiger partial charge in [0.25, 0.3) is 0 Å². The molecule has 0 saturated carbocycles. The molecule has 0 spiro atoms. The molecule has 1 heterocycles. The third kappa shape index (κ3) is 4.40. The maximum Gasteiger partial charge on any atom is 0.320 e. The van der Waals surface area contributed by atoms with Gasteiger partial charge in [-0.2, -0.15) is 5.10 Å². The number of carbonyl (C=O) groups excluding carboxylic acids is 1. The Morgan fingerprint density at radius 2 is 2.47 bits per heavy atom. The van der Waals surface area contributed by atoms with Gasteiger partial charge in [-0.3, -0.25) is 10.00 Å². The Hall–Kier alpha value is -1.82. The minimum atomic E-state index is -0.197. The number of ether oxygens (including phenoxy) is 1. The molecule has 0 aliphatic heterocycles. The average Bonchev–Trinajstić information content (AvgIpc) is 2.85. The number of hydrogen-bond acceptors (Lipinski definition) is 3. The zero-order valence-electron chi connectivity index (χ0n) is 11.1. The molecule has 0 fully saturated rings. The lowest BCUT2D eigenvalue weighted by Crippen LogP contribution is -2.38. The molecule has 104 valence electrons. The highest BCUT2D eigenvalue weighted by atomic mass is 16.5. The van der Waals surface area contributed by atoms with E-state index < -0.39 is 0 Å². The quantitative estimate of drug-likeness (QED) is 0.796. The summed E-state index contributed by atoms with van der Waals surface area (Å²) >= 11 is 0. The van der Waals surface area contributed by atoms with Crippen molar-refractivity contribution in [2.45, 2.75) is 31.8 Å². The molecule has 0 bridgehead atoms. The van der Waals surface area contributed by atoms with Gasteiger partial charge in [-0.25, -0.2) is 4.79 Å². The predicted octanol–water partition coefficient (Wildman–Crippen LogP) is 1.76. The molecule has 1 aromatic heterocycles. The number of urea groups is 1. The summed E-state index contributed by atoms with van der Waals surface area (Å²) in [5.41, 5.74) is 0. The minimum absolute atomic E-state index is 0.197. The normalized spacial score (nSPS) is 18.3. The summed E-state index contributed by atoms with van der Waals surface area (Å²) in [7, 11) is 1.65. The van der Waals surface area contributed by atoms with Gasteiger partial charge in [0.05, 0.1) is 13.2 Å². The van der Waals surface area contributed by atoms with Gasteiger partial charge in [0.15, 0.2) is 5.82 Å². The van der Waals surface area contributed by atoms with Gasteiger partial charge >= 0.3 is 6.03 Å². The summed E-state index contributed by atoms with van der Waals surface area (Å²) in [6.07, 6.45) is 8.98. The molecule has 1 atom stereocenters. The van der Waals surface area contributed by atoms with E-state index in [1.807, 2.05) is 6.20 Å². The Kier molecular flexibility index (Phi) is 4.97. The molecule has 1 unspecified atom stereocenters. The van der Waals surface area contributed by atoms with Crippen LogP contribution in [-0.4, -0.2) is 35.6 Å². The first kappa shape index (κ1) is 13.6. The second-order valence-corrected chi connectivity index (χ2v) is 4.54. The largest absolute Gasteiger partial charge is 0.383 e. The van der Waals surface area contributed by atoms with Crippen molar-refractivity contribution in [3.63, 3.8) is 0 Å². The van der Waals surface area contributed by atoms with Crippen LogP contribution in [0.15, 0.2) is 24.4 Å². The summed E-state index contributed by atoms with van der Waals surface area (Å²) in [4.78, 5) is 11.8. The molecule has 2 amide bonds. The van der Waals surface area contributed by atoms with Crippen LogP contribution in [0.1, 0.15) is 19.3 Å². The van der Waals surface area contributed by atoms with Crippen molar-refractivity contribution in [3.8, 4) is 0 Å². The molecule has 2 N–H and O–H groups in total. The summed E-state index contributed by atoms with van der Waals surface area (Å²) in [5.74, 6) is 0.556. The van der Waals surface area contributed by atoms with Crippen molar-refractivity contribution >= 4 is 11.8 Å². The van der Waals surface area contributed by atoms with E-state index in [9.17, 15) is 4.79 Å². The van der Waals surface area contributed by atoms with Gasteiger partial charge in [0.2, 0.25) is 0 Å². The van der Waals surface area contributed by atoms with E-state index in [0.29, 0.717) is 19.0 Å². The monoisotopic (exact) mass is 264 g/mol. The molecule has 1 aromatic rings. The van der Waals surface area contributed by atoms with Crippen LogP contribution >= 0.6 is 0 Å². The molecule has 2 rings (SSSR count). The van der Waals surface area contributed by atoms with Crippen molar-refractivity contribution in [2.24, 2.45) is 0 Å². The summed E-state index contributed by atoms with van der Waals surface area (Å²) < 4.78 is 6.71. The van der Waals surface area contributed by atoms with Crippen LogP contribution in [0.4, 0.5) is 10.6 Å². The Bertz CT molecular complexity index is 442. The van der Waals surface area contributed by atoms with Crippen molar-refractivity contribution in [2.75, 3.05) is 19.0 Å². The predicted molar refractivity (Wildman–Crippen MR) is 73.0 cm³/mol. The van der Waals surface area contributed by atoms with E-state index >= 15 is 0 Å². The van der Waals surface area contributed by atoms with Gasteiger partial charge in [0.1, 0.15) is 0 Å². The van der Waals surface area contributed by atoms with Crippen LogP contribution in [0.5, 0.6) is 0 Å². The zero-order chi connectivity index (χ0) is 13.5. The second kappa shape index (κ2) is 6.94. The van der Waals surface area contributed by atoms with Crippen LogP contribution in [0.3, 0.4) is 0 Å². The number of nitrogens with one attached hydrogen (secondary N) is 2. The lowest BCUT2D eigenvalue weighted by atomic mass is 10.0. The maximum atomic E-state index is 11.8. The fraction of sp³-hybridized carbons (Fsp3) is 0.538. The van der Waals surface area contributed by atoms with E-state index in [1.165, 1.54) is 0 Å². The summed E-state index contributed by atoms with van der Waals surface area (Å²) in [6, 6.07) is 1.80. The molecule has 1 aliphatic carbocycles. The molecule has 6 heteroatoms. The molecule has 1 aliphatic rings. The topological polar surface area (TPSA) is 68.2 Å². The first-order valence-electron chi connectivity index (χ1n) is 6.53. The van der Waals surface area contributed by atoms with Gasteiger partial charge in [0, 0.05) is 25.4 Å². The molecule has 0 saturated heterocycles. The number of nitrogens with zero attached hydrogens (tertiary/aromatic N) is 2. The SMILES string of the molecule is COCCn1ccc(NC(=O)NC2CC=CCC2)n1. The highest BCUT2D eigenvalue weighted by Gasteiger charge is 2.13. The lowest BCUT2D eigenvalue weighted by molar-refractivity contribution is 0.183. The average molecular weight is 264 g/mol. The molecular formula is C13H20N4O2. The number of methoxy groups -OCH3 is 1. The van der Waals surface area contributed by atoms with E-state index in [4.69, 9.17) is 4.74 Å². The molecule has 0 radical (unpaired) electrons. The first-order valence-corrected chi connectivity index (χ1v) is 6.53. The van der Waals surface area contributed by atoms with Crippen molar-refractivity contribution in [3.05, 3.63) is 24.4 Å². The molecule has 0 aromatic carbocycles. The Morgan fingerprint density at radius 3 is 3.21 bits per heavy atom.